The first kappa shape index (κ1) is 15.0. The van der Waals surface area contributed by atoms with Crippen molar-refractivity contribution < 1.29 is 18.7 Å². The summed E-state index contributed by atoms with van der Waals surface area (Å²) in [6.45, 7) is -1.07. The third kappa shape index (κ3) is 2.44. The predicted octanol–water partition coefficient (Wildman–Crippen LogP) is 4.01. The fourth-order valence-corrected chi connectivity index (χ4v) is 2.96. The Bertz CT molecular complexity index is 706. The molecule has 0 atom stereocenters. The number of pyridine rings is 1. The third-order valence-electron chi connectivity index (χ3n) is 2.45. The lowest BCUT2D eigenvalue weighted by Crippen LogP contribution is -2.05. The molecule has 2 aromatic rings. The summed E-state index contributed by atoms with van der Waals surface area (Å²) in [6, 6.07) is 1.26. The minimum Gasteiger partial charge on any atom is -0.476 e. The van der Waals surface area contributed by atoms with Crippen molar-refractivity contribution in [2.75, 3.05) is 5.73 Å². The summed E-state index contributed by atoms with van der Waals surface area (Å²) < 4.78 is 26.1. The van der Waals surface area contributed by atoms with E-state index in [0.717, 1.165) is 0 Å². The average Bonchev–Trinajstić information content (AvgIpc) is 2.67. The second-order valence-electron chi connectivity index (χ2n) is 3.70. The topological polar surface area (TPSA) is 76.2 Å². The smallest absolute Gasteiger partial charge is 0.356 e. The second-order valence-corrected chi connectivity index (χ2v) is 5.42. The molecule has 9 heteroatoms. The molecule has 20 heavy (non-hydrogen) atoms. The number of hydrogen-bond acceptors (Lipinski definition) is 4. The second kappa shape index (κ2) is 5.51. The van der Waals surface area contributed by atoms with Crippen molar-refractivity contribution in [1.29, 1.82) is 0 Å². The number of nitrogens with zero attached hydrogens (tertiary/aromatic N) is 1. The van der Waals surface area contributed by atoms with Crippen molar-refractivity contribution in [1.82, 2.24) is 4.98 Å². The quantitative estimate of drug-likeness (QED) is 0.886. The summed E-state index contributed by atoms with van der Waals surface area (Å²) >= 11 is 12.1. The lowest BCUT2D eigenvalue weighted by Gasteiger charge is -2.06. The van der Waals surface area contributed by atoms with Gasteiger partial charge in [-0.3, -0.25) is 0 Å². The third-order valence-corrected chi connectivity index (χ3v) is 4.42. The number of thiophene rings is 1. The van der Waals surface area contributed by atoms with E-state index in [1.165, 1.54) is 6.07 Å². The predicted molar refractivity (Wildman–Crippen MR) is 73.7 cm³/mol. The van der Waals surface area contributed by atoms with E-state index in [0.29, 0.717) is 11.3 Å². The van der Waals surface area contributed by atoms with Crippen molar-refractivity contribution in [2.24, 2.45) is 0 Å². The average molecular weight is 339 g/mol. The Kier molecular flexibility index (Phi) is 4.12. The minimum absolute atomic E-state index is 0.0258. The number of nitrogen functional groups attached to an aromatic ring is 1. The van der Waals surface area contributed by atoms with E-state index in [1.54, 1.807) is 0 Å². The maximum atomic E-state index is 13.5. The molecule has 0 bridgehead atoms. The maximum absolute atomic E-state index is 13.5. The number of anilines is 1. The summed E-state index contributed by atoms with van der Waals surface area (Å²) in [5, 5.41) is 7.80. The molecule has 4 nitrogen and oxygen atoms in total. The highest BCUT2D eigenvalue weighted by atomic mass is 35.5. The number of carboxylic acid groups (broad SMARTS) is 1. The Hall–Kier alpha value is -1.44. The van der Waals surface area contributed by atoms with Gasteiger partial charge >= 0.3 is 5.97 Å². The van der Waals surface area contributed by atoms with Gasteiger partial charge in [0, 0.05) is 5.56 Å². The highest BCUT2D eigenvalue weighted by molar-refractivity contribution is 7.14. The van der Waals surface area contributed by atoms with Crippen LogP contribution < -0.4 is 5.73 Å². The van der Waals surface area contributed by atoms with E-state index in [4.69, 9.17) is 34.0 Å². The normalized spacial score (nSPS) is 10.8. The van der Waals surface area contributed by atoms with Gasteiger partial charge in [0.15, 0.2) is 10.8 Å². The first-order chi connectivity index (χ1) is 9.36. The number of aromatic nitrogens is 1. The zero-order valence-corrected chi connectivity index (χ0v) is 11.9. The highest BCUT2D eigenvalue weighted by Crippen LogP contribution is 2.40. The van der Waals surface area contributed by atoms with Crippen LogP contribution in [0.4, 0.5) is 14.5 Å². The van der Waals surface area contributed by atoms with Crippen molar-refractivity contribution >= 4 is 46.2 Å². The molecule has 2 heterocycles. The molecule has 0 amide bonds. The summed E-state index contributed by atoms with van der Waals surface area (Å²) in [7, 11) is 0. The molecule has 0 fully saturated rings. The van der Waals surface area contributed by atoms with Crippen LogP contribution in [0.15, 0.2) is 6.07 Å². The van der Waals surface area contributed by atoms with E-state index in [1.807, 2.05) is 0 Å². The Morgan fingerprint density at radius 1 is 1.45 bits per heavy atom. The molecule has 0 aliphatic heterocycles. The Balaban J connectivity index is 2.68. The van der Waals surface area contributed by atoms with Crippen LogP contribution in [0.25, 0.3) is 10.6 Å². The van der Waals surface area contributed by atoms with E-state index in [9.17, 15) is 13.6 Å². The van der Waals surface area contributed by atoms with Crippen LogP contribution in [0, 0.1) is 5.13 Å². The lowest BCUT2D eigenvalue weighted by atomic mass is 10.2. The van der Waals surface area contributed by atoms with Crippen molar-refractivity contribution in [3.8, 4) is 10.6 Å². The maximum Gasteiger partial charge on any atom is 0.356 e. The number of halogens is 4. The van der Waals surface area contributed by atoms with E-state index in [2.05, 4.69) is 4.98 Å². The van der Waals surface area contributed by atoms with Crippen molar-refractivity contribution in [3.05, 3.63) is 32.5 Å². The van der Waals surface area contributed by atoms with E-state index >= 15 is 0 Å². The van der Waals surface area contributed by atoms with E-state index in [-0.39, 0.29) is 31.9 Å². The highest BCUT2D eigenvalue weighted by Gasteiger charge is 2.22. The number of carbonyl (C=O) groups is 1. The van der Waals surface area contributed by atoms with Crippen molar-refractivity contribution in [3.63, 3.8) is 0 Å². The number of rotatable bonds is 3. The van der Waals surface area contributed by atoms with Crippen LogP contribution in [0.5, 0.6) is 0 Å². The van der Waals surface area contributed by atoms with Gasteiger partial charge < -0.3 is 10.8 Å². The van der Waals surface area contributed by atoms with Gasteiger partial charge in [0.05, 0.1) is 26.3 Å². The van der Waals surface area contributed by atoms with Gasteiger partial charge in [-0.15, -0.1) is 11.3 Å². The SMILES string of the molecule is Nc1cc(-c2sc(F)c(CF)c2Cl)nc(C(=O)O)c1Cl. The first-order valence-corrected chi connectivity index (χ1v) is 6.66. The molecule has 0 aliphatic rings. The lowest BCUT2D eigenvalue weighted by molar-refractivity contribution is 0.0691. The van der Waals surface area contributed by atoms with E-state index < -0.39 is 23.5 Å². The molecular formula is C11H6Cl2F2N2O2S. The molecule has 0 saturated carbocycles. The first-order valence-electron chi connectivity index (χ1n) is 5.09. The molecule has 0 unspecified atom stereocenters. The van der Waals surface area contributed by atoms with Crippen LogP contribution in [0.2, 0.25) is 10.0 Å². The molecule has 106 valence electrons. The van der Waals surface area contributed by atoms with Crippen LogP contribution in [0.1, 0.15) is 16.1 Å². The van der Waals surface area contributed by atoms with Gasteiger partial charge in [-0.05, 0) is 6.07 Å². The molecule has 0 saturated heterocycles. The zero-order valence-electron chi connectivity index (χ0n) is 9.58. The largest absolute Gasteiger partial charge is 0.476 e. The van der Waals surface area contributed by atoms with Crippen LogP contribution in [-0.2, 0) is 6.67 Å². The molecule has 2 rings (SSSR count). The van der Waals surface area contributed by atoms with Gasteiger partial charge in [-0.25, -0.2) is 14.2 Å². The molecule has 0 spiro atoms. The molecule has 2 aromatic heterocycles. The summed E-state index contributed by atoms with van der Waals surface area (Å²) in [5.41, 5.74) is 4.80. The monoisotopic (exact) mass is 338 g/mol. The fourth-order valence-electron chi connectivity index (χ4n) is 1.50. The Morgan fingerprint density at radius 3 is 2.60 bits per heavy atom. The molecule has 0 aromatic carbocycles. The molecular weight excluding hydrogens is 333 g/mol. The van der Waals surface area contributed by atoms with Gasteiger partial charge in [0.1, 0.15) is 6.67 Å². The fraction of sp³-hybridized carbons (Fsp3) is 0.0909. The molecule has 0 radical (unpaired) electrons. The van der Waals surface area contributed by atoms with Crippen LogP contribution >= 0.6 is 34.5 Å². The molecule has 0 aliphatic carbocycles. The van der Waals surface area contributed by atoms with Gasteiger partial charge in [-0.1, -0.05) is 23.2 Å². The minimum atomic E-state index is -1.39. The van der Waals surface area contributed by atoms with Crippen LogP contribution in [-0.4, -0.2) is 16.1 Å². The number of alkyl halides is 1. The molecule has 3 N–H and O–H groups in total. The van der Waals surface area contributed by atoms with Gasteiger partial charge in [0.25, 0.3) is 0 Å². The Morgan fingerprint density at radius 2 is 2.10 bits per heavy atom. The van der Waals surface area contributed by atoms with Crippen LogP contribution in [0.3, 0.4) is 0 Å². The Labute approximate surface area is 125 Å². The zero-order chi connectivity index (χ0) is 15.0. The summed E-state index contributed by atoms with van der Waals surface area (Å²) in [4.78, 5) is 14.9. The standard InChI is InChI=1S/C11H6Cl2F2N2O2S/c12-6-3(2-14)10(15)20-9(6)5-1-4(16)7(13)8(17-5)11(18)19/h1H,2H2,(H2,16,17)(H,18,19). The summed E-state index contributed by atoms with van der Waals surface area (Å²) in [6.07, 6.45) is 0. The number of carboxylic acids is 1. The number of nitrogens with two attached hydrogens (primary N) is 1. The number of hydrogen-bond donors (Lipinski definition) is 2. The van der Waals surface area contributed by atoms with Gasteiger partial charge in [-0.2, -0.15) is 4.39 Å². The summed E-state index contributed by atoms with van der Waals surface area (Å²) in [5.74, 6) is -1.39. The van der Waals surface area contributed by atoms with Crippen molar-refractivity contribution in [2.45, 2.75) is 6.67 Å². The van der Waals surface area contributed by atoms with Gasteiger partial charge in [0.2, 0.25) is 0 Å². The number of aromatic carboxylic acids is 1.